The molecule has 6 heteroatoms. The van der Waals surface area contributed by atoms with E-state index in [0.29, 0.717) is 19.4 Å². The molecule has 0 radical (unpaired) electrons. The fraction of sp³-hybridized carbons (Fsp3) is 0.889. The predicted octanol–water partition coefficient (Wildman–Crippen LogP) is 3.16. The van der Waals surface area contributed by atoms with E-state index in [-0.39, 0.29) is 23.5 Å². The summed E-state index contributed by atoms with van der Waals surface area (Å²) in [7, 11) is 0. The van der Waals surface area contributed by atoms with Crippen molar-refractivity contribution >= 4 is 24.3 Å². The predicted molar refractivity (Wildman–Crippen MR) is 101 cm³/mol. The third-order valence-corrected chi connectivity index (χ3v) is 3.69. The molecule has 0 aliphatic heterocycles. The largest absolute Gasteiger partial charge is 0.381 e. The van der Waals surface area contributed by atoms with E-state index in [1.165, 1.54) is 0 Å². The minimum Gasteiger partial charge on any atom is -0.381 e. The average Bonchev–Trinajstić information content (AvgIpc) is 2.54. The molecule has 1 amide bonds. The topological polar surface area (TPSA) is 64.6 Å². The Labute approximate surface area is 152 Å². The van der Waals surface area contributed by atoms with E-state index in [0.717, 1.165) is 58.3 Å². The van der Waals surface area contributed by atoms with Crippen LogP contribution in [-0.2, 0) is 19.1 Å². The molecule has 0 aliphatic carbocycles. The molecule has 0 heterocycles. The summed E-state index contributed by atoms with van der Waals surface area (Å²) in [6.07, 6.45) is 7.19. The minimum absolute atomic E-state index is 0.0804. The van der Waals surface area contributed by atoms with E-state index in [9.17, 15) is 9.59 Å². The van der Waals surface area contributed by atoms with Crippen molar-refractivity contribution in [2.75, 3.05) is 33.0 Å². The smallest absolute Gasteiger partial charge is 0.221 e. The summed E-state index contributed by atoms with van der Waals surface area (Å²) in [5.41, 5.74) is 0. The maximum Gasteiger partial charge on any atom is 0.221 e. The Kier molecular flexibility index (Phi) is 16.8. The summed E-state index contributed by atoms with van der Waals surface area (Å²) >= 11 is 4.19. The highest BCUT2D eigenvalue weighted by Crippen LogP contribution is 2.01. The zero-order valence-corrected chi connectivity index (χ0v) is 16.2. The van der Waals surface area contributed by atoms with Gasteiger partial charge in [-0.1, -0.05) is 13.8 Å². The third-order valence-electron chi connectivity index (χ3n) is 3.50. The Morgan fingerprint density at radius 1 is 0.958 bits per heavy atom. The summed E-state index contributed by atoms with van der Waals surface area (Å²) in [4.78, 5) is 22.4. The molecule has 0 aromatic carbocycles. The molecule has 0 fully saturated rings. The molecule has 0 saturated heterocycles. The van der Waals surface area contributed by atoms with Gasteiger partial charge in [-0.25, -0.2) is 0 Å². The normalized spacial score (nSPS) is 12.1. The van der Waals surface area contributed by atoms with Crippen molar-refractivity contribution in [2.45, 2.75) is 70.5 Å². The highest BCUT2D eigenvalue weighted by atomic mass is 32.1. The number of ether oxygens (including phenoxy) is 2. The number of thiol groups is 1. The van der Waals surface area contributed by atoms with Crippen LogP contribution in [0.4, 0.5) is 0 Å². The van der Waals surface area contributed by atoms with Gasteiger partial charge in [-0.05, 0) is 38.5 Å². The van der Waals surface area contributed by atoms with Crippen molar-refractivity contribution in [3.8, 4) is 0 Å². The summed E-state index contributed by atoms with van der Waals surface area (Å²) in [5.74, 6) is 0.242. The van der Waals surface area contributed by atoms with Gasteiger partial charge >= 0.3 is 0 Å². The number of hydrogen-bond donors (Lipinski definition) is 2. The Balaban J connectivity index is 3.13. The number of nitrogens with one attached hydrogen (secondary N) is 1. The van der Waals surface area contributed by atoms with E-state index in [1.54, 1.807) is 0 Å². The highest BCUT2D eigenvalue weighted by molar-refractivity contribution is 7.80. The Morgan fingerprint density at radius 2 is 1.54 bits per heavy atom. The van der Waals surface area contributed by atoms with Gasteiger partial charge in [0.1, 0.15) is 6.61 Å². The standard InChI is InChI=1S/C18H35NO4S/c1-3-17(20)15-23-13-9-5-8-12-22-11-7-4-6-10-19-18(21)14-16(2)24/h16,24H,3-15H2,1-2H3,(H,19,21). The second-order valence-electron chi connectivity index (χ2n) is 6.08. The molecule has 1 unspecified atom stereocenters. The molecule has 1 N–H and O–H groups in total. The van der Waals surface area contributed by atoms with E-state index in [4.69, 9.17) is 9.47 Å². The van der Waals surface area contributed by atoms with Crippen molar-refractivity contribution in [3.05, 3.63) is 0 Å². The molecule has 0 aliphatic rings. The quantitative estimate of drug-likeness (QED) is 0.308. The lowest BCUT2D eigenvalue weighted by molar-refractivity contribution is -0.123. The van der Waals surface area contributed by atoms with Crippen LogP contribution in [0.2, 0.25) is 0 Å². The van der Waals surface area contributed by atoms with Crippen molar-refractivity contribution in [2.24, 2.45) is 0 Å². The van der Waals surface area contributed by atoms with Crippen molar-refractivity contribution in [1.82, 2.24) is 5.32 Å². The monoisotopic (exact) mass is 361 g/mol. The molecule has 0 spiro atoms. The van der Waals surface area contributed by atoms with Crippen molar-refractivity contribution in [3.63, 3.8) is 0 Å². The summed E-state index contributed by atoms with van der Waals surface area (Å²) in [6, 6.07) is 0. The Morgan fingerprint density at radius 3 is 2.12 bits per heavy atom. The van der Waals surface area contributed by atoms with Gasteiger partial charge < -0.3 is 14.8 Å². The number of rotatable bonds is 17. The first kappa shape index (κ1) is 23.4. The first-order valence-corrected chi connectivity index (χ1v) is 9.69. The van der Waals surface area contributed by atoms with Gasteiger partial charge in [0.2, 0.25) is 5.91 Å². The van der Waals surface area contributed by atoms with Crippen LogP contribution in [0.15, 0.2) is 0 Å². The molecule has 24 heavy (non-hydrogen) atoms. The van der Waals surface area contributed by atoms with Gasteiger partial charge in [-0.2, -0.15) is 12.6 Å². The van der Waals surface area contributed by atoms with Gasteiger partial charge in [0, 0.05) is 44.5 Å². The van der Waals surface area contributed by atoms with Gasteiger partial charge in [-0.15, -0.1) is 0 Å². The number of carbonyl (C=O) groups excluding carboxylic acids is 2. The maximum atomic E-state index is 11.4. The maximum absolute atomic E-state index is 11.4. The number of ketones is 1. The summed E-state index contributed by atoms with van der Waals surface area (Å²) in [6.45, 7) is 6.97. The molecule has 0 rings (SSSR count). The van der Waals surface area contributed by atoms with Crippen LogP contribution >= 0.6 is 12.6 Å². The summed E-state index contributed by atoms with van der Waals surface area (Å²) < 4.78 is 10.9. The third kappa shape index (κ3) is 17.8. The SMILES string of the molecule is CCC(=O)COCCCCCOCCCCCNC(=O)CC(C)S. The van der Waals surface area contributed by atoms with Crippen LogP contribution in [0.5, 0.6) is 0 Å². The van der Waals surface area contributed by atoms with E-state index < -0.39 is 0 Å². The van der Waals surface area contributed by atoms with Crippen LogP contribution in [0, 0.1) is 0 Å². The lowest BCUT2D eigenvalue weighted by Crippen LogP contribution is -2.26. The van der Waals surface area contributed by atoms with E-state index in [1.807, 2.05) is 13.8 Å². The Bertz CT molecular complexity index is 324. The molecule has 0 saturated carbocycles. The van der Waals surface area contributed by atoms with Gasteiger partial charge in [-0.3, -0.25) is 9.59 Å². The van der Waals surface area contributed by atoms with Crippen LogP contribution in [-0.4, -0.2) is 49.9 Å². The second-order valence-corrected chi connectivity index (χ2v) is 6.96. The Hall–Kier alpha value is -0.590. The molecule has 0 aromatic heterocycles. The van der Waals surface area contributed by atoms with Crippen molar-refractivity contribution < 1.29 is 19.1 Å². The van der Waals surface area contributed by atoms with Crippen molar-refractivity contribution in [1.29, 1.82) is 0 Å². The molecular weight excluding hydrogens is 326 g/mol. The number of carbonyl (C=O) groups is 2. The van der Waals surface area contributed by atoms with Crippen LogP contribution < -0.4 is 5.32 Å². The highest BCUT2D eigenvalue weighted by Gasteiger charge is 2.03. The minimum atomic E-state index is 0.0804. The van der Waals surface area contributed by atoms with Gasteiger partial charge in [0.05, 0.1) is 0 Å². The number of amides is 1. The van der Waals surface area contributed by atoms with E-state index >= 15 is 0 Å². The molecular formula is C18H35NO4S. The van der Waals surface area contributed by atoms with Gasteiger partial charge in [0.25, 0.3) is 0 Å². The summed E-state index contributed by atoms with van der Waals surface area (Å²) in [5, 5.41) is 3.01. The lowest BCUT2D eigenvalue weighted by atomic mass is 10.2. The second kappa shape index (κ2) is 17.2. The number of hydrogen-bond acceptors (Lipinski definition) is 5. The molecule has 1 atom stereocenters. The fourth-order valence-corrected chi connectivity index (χ4v) is 2.22. The fourth-order valence-electron chi connectivity index (χ4n) is 2.05. The first-order valence-electron chi connectivity index (χ1n) is 9.18. The van der Waals surface area contributed by atoms with E-state index in [2.05, 4.69) is 17.9 Å². The molecule has 142 valence electrons. The molecule has 0 bridgehead atoms. The zero-order chi connectivity index (χ0) is 18.0. The zero-order valence-electron chi connectivity index (χ0n) is 15.3. The number of Topliss-reactive ketones (excluding diaryl/α,β-unsaturated/α-hetero) is 1. The lowest BCUT2D eigenvalue weighted by Gasteiger charge is -2.07. The number of unbranched alkanes of at least 4 members (excludes halogenated alkanes) is 4. The average molecular weight is 362 g/mol. The molecule has 0 aromatic rings. The van der Waals surface area contributed by atoms with Crippen LogP contribution in [0.3, 0.4) is 0 Å². The van der Waals surface area contributed by atoms with Crippen LogP contribution in [0.25, 0.3) is 0 Å². The molecule has 5 nitrogen and oxygen atoms in total. The first-order chi connectivity index (χ1) is 11.6. The van der Waals surface area contributed by atoms with Gasteiger partial charge in [0.15, 0.2) is 5.78 Å². The van der Waals surface area contributed by atoms with Crippen LogP contribution in [0.1, 0.15) is 65.2 Å².